The fourth-order valence-corrected chi connectivity index (χ4v) is 6.12. The SMILES string of the molecule is COc1c(C2CCN(CC3CC3)CC2)cc(Nc2cnc(C3CC3)cn2)nc1N1CC2CC2C1. The standard InChI is InChI=1S/C27H36N6O/c1-34-26-22(18-6-8-32(9-7-18)14-17-2-3-17)11-24(31-27(26)33-15-20-10-21(20)16-33)30-25-13-28-23(12-29-25)19-4-5-19/h11-13,17-21H,2-10,14-16H2,1H3,(H,29,30,31). The van der Waals surface area contributed by atoms with Crippen molar-refractivity contribution in [2.24, 2.45) is 17.8 Å². The molecule has 7 nitrogen and oxygen atoms in total. The van der Waals surface area contributed by atoms with Gasteiger partial charge in [-0.25, -0.2) is 9.97 Å². The smallest absolute Gasteiger partial charge is 0.173 e. The van der Waals surface area contributed by atoms with Crippen LogP contribution in [0.25, 0.3) is 0 Å². The number of ether oxygens (including phenoxy) is 1. The van der Waals surface area contributed by atoms with Crippen LogP contribution in [0.15, 0.2) is 18.5 Å². The van der Waals surface area contributed by atoms with Crippen LogP contribution in [0.1, 0.15) is 68.0 Å². The van der Waals surface area contributed by atoms with Gasteiger partial charge in [-0.15, -0.1) is 0 Å². The lowest BCUT2D eigenvalue weighted by atomic mass is 9.88. The van der Waals surface area contributed by atoms with E-state index in [4.69, 9.17) is 9.72 Å². The number of anilines is 3. The van der Waals surface area contributed by atoms with Crippen LogP contribution < -0.4 is 15.0 Å². The third-order valence-corrected chi connectivity index (χ3v) is 8.63. The van der Waals surface area contributed by atoms with Gasteiger partial charge in [-0.1, -0.05) is 0 Å². The van der Waals surface area contributed by atoms with Crippen molar-refractivity contribution >= 4 is 17.5 Å². The minimum Gasteiger partial charge on any atom is -0.493 e. The Morgan fingerprint density at radius 2 is 1.74 bits per heavy atom. The van der Waals surface area contributed by atoms with Crippen LogP contribution in [0.2, 0.25) is 0 Å². The van der Waals surface area contributed by atoms with E-state index in [2.05, 4.69) is 31.2 Å². The molecule has 3 aliphatic carbocycles. The first-order valence-corrected chi connectivity index (χ1v) is 13.4. The molecule has 180 valence electrons. The second-order valence-electron chi connectivity index (χ2n) is 11.4. The summed E-state index contributed by atoms with van der Waals surface area (Å²) < 4.78 is 6.07. The minimum absolute atomic E-state index is 0.508. The molecule has 5 fully saturated rings. The first-order valence-electron chi connectivity index (χ1n) is 13.4. The first kappa shape index (κ1) is 20.9. The molecule has 0 radical (unpaired) electrons. The number of hydrogen-bond acceptors (Lipinski definition) is 7. The van der Waals surface area contributed by atoms with Crippen molar-refractivity contribution in [2.75, 3.05) is 50.1 Å². The molecule has 0 aromatic carbocycles. The summed E-state index contributed by atoms with van der Waals surface area (Å²) in [6.45, 7) is 5.88. The fourth-order valence-electron chi connectivity index (χ4n) is 6.12. The Morgan fingerprint density at radius 1 is 0.941 bits per heavy atom. The molecule has 0 bridgehead atoms. The van der Waals surface area contributed by atoms with E-state index in [1.807, 2.05) is 19.5 Å². The molecule has 7 rings (SSSR count). The van der Waals surface area contributed by atoms with E-state index < -0.39 is 0 Å². The van der Waals surface area contributed by atoms with Crippen LogP contribution in [-0.2, 0) is 0 Å². The van der Waals surface area contributed by atoms with Gasteiger partial charge in [0.25, 0.3) is 0 Å². The lowest BCUT2D eigenvalue weighted by molar-refractivity contribution is 0.203. The van der Waals surface area contributed by atoms with Gasteiger partial charge < -0.3 is 19.9 Å². The number of piperidine rings is 2. The summed E-state index contributed by atoms with van der Waals surface area (Å²) in [7, 11) is 1.82. The van der Waals surface area contributed by atoms with Crippen LogP contribution in [0, 0.1) is 17.8 Å². The third-order valence-electron chi connectivity index (χ3n) is 8.63. The zero-order valence-corrected chi connectivity index (χ0v) is 20.2. The molecular formula is C27H36N6O. The van der Waals surface area contributed by atoms with Crippen molar-refractivity contribution in [1.29, 1.82) is 0 Å². The molecule has 2 aliphatic heterocycles. The van der Waals surface area contributed by atoms with Gasteiger partial charge in [-0.3, -0.25) is 4.98 Å². The number of hydrogen-bond donors (Lipinski definition) is 1. The summed E-state index contributed by atoms with van der Waals surface area (Å²) in [4.78, 5) is 19.5. The highest BCUT2D eigenvalue weighted by molar-refractivity contribution is 5.66. The first-order chi connectivity index (χ1) is 16.7. The second kappa shape index (κ2) is 8.36. The zero-order valence-electron chi connectivity index (χ0n) is 20.2. The summed E-state index contributed by atoms with van der Waals surface area (Å²) in [6, 6.07) is 2.22. The predicted octanol–water partition coefficient (Wildman–Crippen LogP) is 4.55. The van der Waals surface area contributed by atoms with Crippen molar-refractivity contribution in [3.63, 3.8) is 0 Å². The molecule has 2 aromatic heterocycles. The highest BCUT2D eigenvalue weighted by Crippen LogP contribution is 2.49. The molecule has 7 heteroatoms. The van der Waals surface area contributed by atoms with Gasteiger partial charge in [0.1, 0.15) is 11.6 Å². The molecule has 1 N–H and O–H groups in total. The van der Waals surface area contributed by atoms with Gasteiger partial charge in [0.2, 0.25) is 0 Å². The van der Waals surface area contributed by atoms with Crippen molar-refractivity contribution in [3.05, 3.63) is 29.7 Å². The number of likely N-dealkylation sites (tertiary alicyclic amines) is 1. The zero-order chi connectivity index (χ0) is 22.6. The van der Waals surface area contributed by atoms with Gasteiger partial charge in [0.05, 0.1) is 25.2 Å². The highest BCUT2D eigenvalue weighted by Gasteiger charge is 2.46. The van der Waals surface area contributed by atoms with Gasteiger partial charge >= 0.3 is 0 Å². The largest absolute Gasteiger partial charge is 0.493 e. The van der Waals surface area contributed by atoms with Crippen molar-refractivity contribution < 1.29 is 4.74 Å². The number of pyridine rings is 1. The summed E-state index contributed by atoms with van der Waals surface area (Å²) in [6.07, 6.45) is 12.9. The van der Waals surface area contributed by atoms with E-state index in [1.165, 1.54) is 70.1 Å². The van der Waals surface area contributed by atoms with Crippen LogP contribution in [-0.4, -0.2) is 59.7 Å². The van der Waals surface area contributed by atoms with Crippen LogP contribution >= 0.6 is 0 Å². The fraction of sp³-hybridized carbons (Fsp3) is 0.667. The van der Waals surface area contributed by atoms with E-state index in [0.717, 1.165) is 59.7 Å². The number of aromatic nitrogens is 3. The normalized spacial score (nSPS) is 27.0. The predicted molar refractivity (Wildman–Crippen MR) is 133 cm³/mol. The molecule has 3 saturated carbocycles. The Morgan fingerprint density at radius 3 is 2.38 bits per heavy atom. The quantitative estimate of drug-likeness (QED) is 0.620. The van der Waals surface area contributed by atoms with E-state index in [0.29, 0.717) is 11.8 Å². The van der Waals surface area contributed by atoms with Crippen molar-refractivity contribution in [1.82, 2.24) is 19.9 Å². The molecular weight excluding hydrogens is 424 g/mol. The Balaban J connectivity index is 1.16. The Bertz CT molecular complexity index is 1030. The van der Waals surface area contributed by atoms with Crippen LogP contribution in [0.3, 0.4) is 0 Å². The van der Waals surface area contributed by atoms with Gasteiger partial charge in [-0.2, -0.15) is 0 Å². The number of rotatable bonds is 8. The molecule has 4 heterocycles. The summed E-state index contributed by atoms with van der Waals surface area (Å²) in [5.74, 6) is 7.40. The van der Waals surface area contributed by atoms with Gasteiger partial charge in [0.15, 0.2) is 11.6 Å². The maximum Gasteiger partial charge on any atom is 0.173 e. The summed E-state index contributed by atoms with van der Waals surface area (Å²) >= 11 is 0. The molecule has 0 spiro atoms. The summed E-state index contributed by atoms with van der Waals surface area (Å²) in [5, 5.41) is 3.47. The number of nitrogens with zero attached hydrogens (tertiary/aromatic N) is 5. The molecule has 2 saturated heterocycles. The van der Waals surface area contributed by atoms with Crippen molar-refractivity contribution in [3.8, 4) is 5.75 Å². The van der Waals surface area contributed by atoms with Crippen LogP contribution in [0.5, 0.6) is 5.75 Å². The average Bonchev–Trinajstić information content (AvgIpc) is 3.76. The third kappa shape index (κ3) is 4.23. The number of methoxy groups -OCH3 is 1. The van der Waals surface area contributed by atoms with Crippen LogP contribution in [0.4, 0.5) is 17.5 Å². The monoisotopic (exact) mass is 460 g/mol. The van der Waals surface area contributed by atoms with E-state index in [-0.39, 0.29) is 0 Å². The maximum absolute atomic E-state index is 6.07. The number of nitrogens with one attached hydrogen (secondary N) is 1. The van der Waals surface area contributed by atoms with E-state index in [1.54, 1.807) is 0 Å². The molecule has 2 atom stereocenters. The lowest BCUT2D eigenvalue weighted by Gasteiger charge is -2.34. The van der Waals surface area contributed by atoms with Crippen molar-refractivity contribution in [2.45, 2.75) is 56.8 Å². The van der Waals surface area contributed by atoms with E-state index >= 15 is 0 Å². The van der Waals surface area contributed by atoms with Gasteiger partial charge in [-0.05, 0) is 87.8 Å². The summed E-state index contributed by atoms with van der Waals surface area (Å²) in [5.41, 5.74) is 2.42. The Hall–Kier alpha value is -2.41. The van der Waals surface area contributed by atoms with E-state index in [9.17, 15) is 0 Å². The molecule has 5 aliphatic rings. The minimum atomic E-state index is 0.508. The highest BCUT2D eigenvalue weighted by atomic mass is 16.5. The topological polar surface area (TPSA) is 66.4 Å². The molecule has 2 unspecified atom stereocenters. The Kier molecular flexibility index (Phi) is 5.15. The maximum atomic E-state index is 6.07. The lowest BCUT2D eigenvalue weighted by Crippen LogP contribution is -2.34. The van der Waals surface area contributed by atoms with Gasteiger partial charge in [0, 0.05) is 31.1 Å². The number of fused-ring (bicyclic) bond motifs is 1. The molecule has 0 amide bonds. The molecule has 34 heavy (non-hydrogen) atoms. The molecule has 2 aromatic rings. The Labute approximate surface area is 202 Å². The second-order valence-corrected chi connectivity index (χ2v) is 11.4. The average molecular weight is 461 g/mol.